The van der Waals surface area contributed by atoms with E-state index in [1.807, 2.05) is 0 Å². The zero-order chi connectivity index (χ0) is 20.0. The van der Waals surface area contributed by atoms with Gasteiger partial charge in [-0.15, -0.1) is 6.58 Å². The summed E-state index contributed by atoms with van der Waals surface area (Å²) in [7, 11) is 1.47. The Balaban J connectivity index is 2.07. The molecule has 1 aromatic carbocycles. The summed E-state index contributed by atoms with van der Waals surface area (Å²) >= 11 is 6.00. The van der Waals surface area contributed by atoms with Crippen molar-refractivity contribution in [3.05, 3.63) is 35.9 Å². The maximum atomic E-state index is 12.5. The molecule has 2 N–H and O–H groups in total. The summed E-state index contributed by atoms with van der Waals surface area (Å²) in [6.45, 7) is 3.54. The molecule has 0 aromatic heterocycles. The van der Waals surface area contributed by atoms with Gasteiger partial charge in [-0.25, -0.2) is 4.79 Å². The molecule has 2 unspecified atom stereocenters. The Hall–Kier alpha value is -2.58. The number of carbonyl (C=O) groups excluding carboxylic acids is 2. The van der Waals surface area contributed by atoms with Crippen LogP contribution in [0.3, 0.4) is 0 Å². The topological polar surface area (TPSA) is 105 Å². The van der Waals surface area contributed by atoms with E-state index in [-0.39, 0.29) is 32.1 Å². The van der Waals surface area contributed by atoms with Crippen LogP contribution in [0.2, 0.25) is 5.02 Å². The van der Waals surface area contributed by atoms with Crippen molar-refractivity contribution in [2.45, 2.75) is 12.5 Å². The van der Waals surface area contributed by atoms with E-state index in [0.717, 1.165) is 0 Å². The molecule has 9 heteroatoms. The second kappa shape index (κ2) is 9.38. The molecule has 0 radical (unpaired) electrons. The quantitative estimate of drug-likeness (QED) is 0.484. The Morgan fingerprint density at radius 1 is 1.52 bits per heavy atom. The number of carbonyl (C=O) groups is 3. The number of hydrogen-bond donors (Lipinski definition) is 2. The lowest BCUT2D eigenvalue weighted by Crippen LogP contribution is -2.46. The largest absolute Gasteiger partial charge is 0.495 e. The SMILES string of the molecule is C=CCOCC(NC(=O)C1CC(=O)N(c2cc(Cl)ccc2OC)C1)C(=O)O. The standard InChI is InChI=1S/C18H21ClN2O6/c1-3-6-27-10-13(18(24)25)20-17(23)11-7-16(22)21(9-11)14-8-12(19)4-5-15(14)26-2/h3-5,8,11,13H,1,6-7,9-10H2,2H3,(H,20,23)(H,24,25). The summed E-state index contributed by atoms with van der Waals surface area (Å²) < 4.78 is 10.4. The molecular weight excluding hydrogens is 376 g/mol. The van der Waals surface area contributed by atoms with Crippen LogP contribution in [-0.4, -0.2) is 55.8 Å². The molecule has 0 bridgehead atoms. The zero-order valence-corrected chi connectivity index (χ0v) is 15.6. The minimum Gasteiger partial charge on any atom is -0.495 e. The number of rotatable bonds is 9. The molecule has 1 aliphatic heterocycles. The molecule has 8 nitrogen and oxygen atoms in total. The molecule has 146 valence electrons. The van der Waals surface area contributed by atoms with Crippen LogP contribution in [0.15, 0.2) is 30.9 Å². The summed E-state index contributed by atoms with van der Waals surface area (Å²) in [5.74, 6) is -2.26. The van der Waals surface area contributed by atoms with Gasteiger partial charge in [0, 0.05) is 18.0 Å². The average Bonchev–Trinajstić information content (AvgIpc) is 3.02. The highest BCUT2D eigenvalue weighted by Crippen LogP contribution is 2.35. The fourth-order valence-electron chi connectivity index (χ4n) is 2.72. The number of anilines is 1. The molecule has 1 fully saturated rings. The van der Waals surface area contributed by atoms with E-state index in [1.54, 1.807) is 18.2 Å². The van der Waals surface area contributed by atoms with Gasteiger partial charge in [0.25, 0.3) is 0 Å². The molecule has 2 atom stereocenters. The molecule has 1 aromatic rings. The number of hydrogen-bond acceptors (Lipinski definition) is 5. The minimum atomic E-state index is -1.22. The molecule has 0 aliphatic carbocycles. The van der Waals surface area contributed by atoms with Crippen LogP contribution < -0.4 is 15.0 Å². The first-order valence-electron chi connectivity index (χ1n) is 8.23. The molecule has 27 heavy (non-hydrogen) atoms. The van der Waals surface area contributed by atoms with E-state index in [9.17, 15) is 19.5 Å². The van der Waals surface area contributed by atoms with E-state index < -0.39 is 23.8 Å². The smallest absolute Gasteiger partial charge is 0.328 e. The van der Waals surface area contributed by atoms with E-state index in [2.05, 4.69) is 11.9 Å². The van der Waals surface area contributed by atoms with Crippen LogP contribution >= 0.6 is 11.6 Å². The Morgan fingerprint density at radius 2 is 2.26 bits per heavy atom. The molecular formula is C18H21ClN2O6. The Kier molecular flexibility index (Phi) is 7.20. The van der Waals surface area contributed by atoms with Crippen LogP contribution in [0.4, 0.5) is 5.69 Å². The summed E-state index contributed by atoms with van der Waals surface area (Å²) in [6.07, 6.45) is 1.44. The van der Waals surface area contributed by atoms with Gasteiger partial charge in [0.15, 0.2) is 6.04 Å². The lowest BCUT2D eigenvalue weighted by atomic mass is 10.1. The second-order valence-corrected chi connectivity index (χ2v) is 6.38. The van der Waals surface area contributed by atoms with Crippen LogP contribution in [-0.2, 0) is 19.1 Å². The van der Waals surface area contributed by atoms with Gasteiger partial charge in [0.05, 0.1) is 31.9 Å². The Morgan fingerprint density at radius 3 is 2.89 bits per heavy atom. The van der Waals surface area contributed by atoms with E-state index in [1.165, 1.54) is 18.1 Å². The number of carboxylic acids is 1. The number of aliphatic carboxylic acids is 1. The lowest BCUT2D eigenvalue weighted by Gasteiger charge is -2.20. The third kappa shape index (κ3) is 5.21. The van der Waals surface area contributed by atoms with Gasteiger partial charge in [-0.05, 0) is 18.2 Å². The summed E-state index contributed by atoms with van der Waals surface area (Å²) in [6, 6.07) is 3.65. The molecule has 1 aliphatic rings. The van der Waals surface area contributed by atoms with Crippen LogP contribution in [0, 0.1) is 5.92 Å². The molecule has 2 rings (SSSR count). The molecule has 2 amide bonds. The fourth-order valence-corrected chi connectivity index (χ4v) is 2.89. The second-order valence-electron chi connectivity index (χ2n) is 5.95. The highest BCUT2D eigenvalue weighted by Gasteiger charge is 2.37. The van der Waals surface area contributed by atoms with Gasteiger partial charge in [0.1, 0.15) is 5.75 Å². The zero-order valence-electron chi connectivity index (χ0n) is 14.8. The fraction of sp³-hybridized carbons (Fsp3) is 0.389. The van der Waals surface area contributed by atoms with Crippen molar-refractivity contribution in [1.29, 1.82) is 0 Å². The number of nitrogens with zero attached hydrogens (tertiary/aromatic N) is 1. The molecule has 0 saturated carbocycles. The van der Waals surface area contributed by atoms with E-state index in [0.29, 0.717) is 16.5 Å². The normalized spacial score (nSPS) is 17.5. The highest BCUT2D eigenvalue weighted by atomic mass is 35.5. The monoisotopic (exact) mass is 396 g/mol. The van der Waals surface area contributed by atoms with Gasteiger partial charge in [-0.1, -0.05) is 17.7 Å². The number of benzene rings is 1. The molecule has 0 spiro atoms. The third-order valence-corrected chi connectivity index (χ3v) is 4.30. The lowest BCUT2D eigenvalue weighted by molar-refractivity contribution is -0.144. The highest BCUT2D eigenvalue weighted by molar-refractivity contribution is 6.31. The maximum Gasteiger partial charge on any atom is 0.328 e. The number of ether oxygens (including phenoxy) is 2. The number of methoxy groups -OCH3 is 1. The van der Waals surface area contributed by atoms with Gasteiger partial charge >= 0.3 is 5.97 Å². The first kappa shape index (κ1) is 20.7. The number of nitrogens with one attached hydrogen (secondary N) is 1. The number of halogens is 1. The van der Waals surface area contributed by atoms with Crippen molar-refractivity contribution in [2.24, 2.45) is 5.92 Å². The van der Waals surface area contributed by atoms with Crippen molar-refractivity contribution >= 4 is 35.1 Å². The van der Waals surface area contributed by atoms with Crippen molar-refractivity contribution in [1.82, 2.24) is 5.32 Å². The van der Waals surface area contributed by atoms with Crippen LogP contribution in [0.1, 0.15) is 6.42 Å². The van der Waals surface area contributed by atoms with Crippen molar-refractivity contribution in [2.75, 3.05) is 31.8 Å². The Bertz CT molecular complexity index is 739. The van der Waals surface area contributed by atoms with Gasteiger partial charge in [-0.3, -0.25) is 9.59 Å². The van der Waals surface area contributed by atoms with E-state index in [4.69, 9.17) is 21.1 Å². The summed E-state index contributed by atoms with van der Waals surface area (Å²) in [4.78, 5) is 37.5. The third-order valence-electron chi connectivity index (χ3n) is 4.06. The minimum absolute atomic E-state index is 0.0403. The van der Waals surface area contributed by atoms with Crippen LogP contribution in [0.25, 0.3) is 0 Å². The first-order valence-corrected chi connectivity index (χ1v) is 8.60. The van der Waals surface area contributed by atoms with E-state index >= 15 is 0 Å². The first-order chi connectivity index (χ1) is 12.9. The van der Waals surface area contributed by atoms with Crippen LogP contribution in [0.5, 0.6) is 5.75 Å². The van der Waals surface area contributed by atoms with Gasteiger partial charge in [-0.2, -0.15) is 0 Å². The molecule has 1 heterocycles. The number of carboxylic acid groups (broad SMARTS) is 1. The average molecular weight is 397 g/mol. The predicted octanol–water partition coefficient (Wildman–Crippen LogP) is 1.47. The summed E-state index contributed by atoms with van der Waals surface area (Å²) in [5, 5.41) is 12.1. The Labute approximate surface area is 161 Å². The van der Waals surface area contributed by atoms with Crippen molar-refractivity contribution < 1.29 is 29.0 Å². The maximum absolute atomic E-state index is 12.5. The van der Waals surface area contributed by atoms with Gasteiger partial charge < -0.3 is 24.8 Å². The van der Waals surface area contributed by atoms with Crippen molar-refractivity contribution in [3.8, 4) is 5.75 Å². The van der Waals surface area contributed by atoms with Gasteiger partial charge in [0.2, 0.25) is 11.8 Å². The predicted molar refractivity (Wildman–Crippen MR) is 99.0 cm³/mol. The molecule has 1 saturated heterocycles. The summed E-state index contributed by atoms with van der Waals surface area (Å²) in [5.41, 5.74) is 0.467. The van der Waals surface area contributed by atoms with Crippen molar-refractivity contribution in [3.63, 3.8) is 0 Å². The number of amides is 2.